The summed E-state index contributed by atoms with van der Waals surface area (Å²) in [5.41, 5.74) is 1.56. The van der Waals surface area contributed by atoms with Gasteiger partial charge in [0.2, 0.25) is 12.7 Å². The number of ether oxygens (including phenoxy) is 2. The predicted octanol–water partition coefficient (Wildman–Crippen LogP) is 4.38. The Morgan fingerprint density at radius 1 is 1.13 bits per heavy atom. The van der Waals surface area contributed by atoms with Gasteiger partial charge < -0.3 is 14.8 Å². The lowest BCUT2D eigenvalue weighted by atomic mass is 10.1. The van der Waals surface area contributed by atoms with Crippen molar-refractivity contribution >= 4 is 43.8 Å². The number of hydrogen-bond acceptors (Lipinski definition) is 7. The third kappa shape index (κ3) is 4.75. The molecular weight excluding hydrogens is 448 g/mol. The number of fused-ring (bicyclic) bond motifs is 1. The zero-order valence-corrected chi connectivity index (χ0v) is 18.0. The van der Waals surface area contributed by atoms with Crippen molar-refractivity contribution in [2.24, 2.45) is 0 Å². The lowest BCUT2D eigenvalue weighted by Gasteiger charge is -2.05. The summed E-state index contributed by atoms with van der Waals surface area (Å²) in [6.07, 6.45) is 0.281. The summed E-state index contributed by atoms with van der Waals surface area (Å²) in [5, 5.41) is 5.47. The summed E-state index contributed by atoms with van der Waals surface area (Å²) in [7, 11) is -3.46. The van der Waals surface area contributed by atoms with E-state index in [0.29, 0.717) is 27.3 Å². The Kier molecular flexibility index (Phi) is 5.94. The molecule has 1 aliphatic heterocycles. The molecule has 156 valence electrons. The maximum atomic E-state index is 12.3. The van der Waals surface area contributed by atoms with Crippen LogP contribution in [0, 0.1) is 0 Å². The van der Waals surface area contributed by atoms with E-state index < -0.39 is 9.84 Å². The molecule has 0 atom stereocenters. The van der Waals surface area contributed by atoms with Crippen LogP contribution in [-0.2, 0) is 14.6 Å². The highest BCUT2D eigenvalue weighted by Gasteiger charge is 2.17. The number of nitrogens with zero attached hydrogens (tertiary/aromatic N) is 1. The fourth-order valence-corrected chi connectivity index (χ4v) is 5.06. The topological polar surface area (TPSA) is 94.6 Å². The van der Waals surface area contributed by atoms with Crippen LogP contribution in [0.1, 0.15) is 12.8 Å². The largest absolute Gasteiger partial charge is 0.454 e. The van der Waals surface area contributed by atoms with Crippen LogP contribution in [0.3, 0.4) is 0 Å². The van der Waals surface area contributed by atoms with Crippen LogP contribution in [-0.4, -0.2) is 31.9 Å². The number of thiazole rings is 1. The van der Waals surface area contributed by atoms with Crippen molar-refractivity contribution in [2.75, 3.05) is 17.9 Å². The van der Waals surface area contributed by atoms with Gasteiger partial charge in [-0.1, -0.05) is 11.6 Å². The van der Waals surface area contributed by atoms with E-state index in [9.17, 15) is 13.2 Å². The average molecular weight is 465 g/mol. The Balaban J connectivity index is 1.31. The van der Waals surface area contributed by atoms with Gasteiger partial charge in [-0.3, -0.25) is 4.79 Å². The summed E-state index contributed by atoms with van der Waals surface area (Å²) in [5.74, 6) is 0.944. The first kappa shape index (κ1) is 20.6. The first-order valence-electron chi connectivity index (χ1n) is 9.04. The highest BCUT2D eigenvalue weighted by molar-refractivity contribution is 7.91. The predicted molar refractivity (Wildman–Crippen MR) is 115 cm³/mol. The summed E-state index contributed by atoms with van der Waals surface area (Å²) >= 11 is 7.08. The highest BCUT2D eigenvalue weighted by atomic mass is 35.5. The molecule has 10 heteroatoms. The number of sulfone groups is 1. The molecule has 30 heavy (non-hydrogen) atoms. The molecule has 7 nitrogen and oxygen atoms in total. The van der Waals surface area contributed by atoms with Crippen LogP contribution in [0.25, 0.3) is 11.3 Å². The smallest absolute Gasteiger partial charge is 0.231 e. The van der Waals surface area contributed by atoms with E-state index in [4.69, 9.17) is 21.1 Å². The number of hydrogen-bond donors (Lipinski definition) is 1. The van der Waals surface area contributed by atoms with E-state index in [1.807, 2.05) is 23.6 Å². The highest BCUT2D eigenvalue weighted by Crippen LogP contribution is 2.36. The summed E-state index contributed by atoms with van der Waals surface area (Å²) in [6.45, 7) is 0.199. The van der Waals surface area contributed by atoms with E-state index in [-0.39, 0.29) is 36.2 Å². The third-order valence-corrected chi connectivity index (χ3v) is 7.23. The van der Waals surface area contributed by atoms with Gasteiger partial charge in [0.05, 0.1) is 16.3 Å². The number of benzene rings is 2. The molecule has 0 spiro atoms. The molecule has 0 radical (unpaired) electrons. The molecule has 1 N–H and O–H groups in total. The number of nitrogens with one attached hydrogen (secondary N) is 1. The molecule has 3 aromatic rings. The quantitative estimate of drug-likeness (QED) is 0.557. The van der Waals surface area contributed by atoms with Gasteiger partial charge in [-0.2, -0.15) is 0 Å². The van der Waals surface area contributed by atoms with Crippen LogP contribution in [0.15, 0.2) is 52.7 Å². The average Bonchev–Trinajstić information content (AvgIpc) is 3.36. The Hall–Kier alpha value is -2.62. The third-order valence-electron chi connectivity index (χ3n) is 4.41. The Bertz CT molecular complexity index is 1180. The molecular formula is C20H17ClN2O5S2. The van der Waals surface area contributed by atoms with Crippen molar-refractivity contribution < 1.29 is 22.7 Å². The minimum Gasteiger partial charge on any atom is -0.454 e. The molecule has 0 bridgehead atoms. The lowest BCUT2D eigenvalue weighted by Crippen LogP contribution is -2.14. The number of rotatable bonds is 7. The molecule has 1 aliphatic rings. The van der Waals surface area contributed by atoms with Crippen LogP contribution in [0.5, 0.6) is 11.5 Å². The van der Waals surface area contributed by atoms with Gasteiger partial charge in [-0.15, -0.1) is 11.3 Å². The van der Waals surface area contributed by atoms with Crippen LogP contribution < -0.4 is 14.8 Å². The number of aromatic nitrogens is 1. The van der Waals surface area contributed by atoms with E-state index in [1.54, 1.807) is 0 Å². The van der Waals surface area contributed by atoms with E-state index in [1.165, 1.54) is 35.6 Å². The molecule has 0 saturated carbocycles. The summed E-state index contributed by atoms with van der Waals surface area (Å²) in [6, 6.07) is 11.5. The first-order valence-corrected chi connectivity index (χ1v) is 12.0. The number of halogens is 1. The second-order valence-corrected chi connectivity index (χ2v) is 9.93. The van der Waals surface area contributed by atoms with Crippen molar-refractivity contribution in [1.29, 1.82) is 0 Å². The van der Waals surface area contributed by atoms with Crippen molar-refractivity contribution in [3.8, 4) is 22.8 Å². The van der Waals surface area contributed by atoms with Gasteiger partial charge in [-0.05, 0) is 48.9 Å². The van der Waals surface area contributed by atoms with E-state index in [0.717, 1.165) is 5.56 Å². The molecule has 0 aliphatic carbocycles. The van der Waals surface area contributed by atoms with E-state index >= 15 is 0 Å². The SMILES string of the molecule is O=C(CCCS(=O)(=O)c1ccc(Cl)cc1)Nc1nc(-c2ccc3c(c2)OCO3)cs1. The second-order valence-electron chi connectivity index (χ2n) is 6.53. The van der Waals surface area contributed by atoms with Crippen LogP contribution in [0.4, 0.5) is 5.13 Å². The number of anilines is 1. The van der Waals surface area contributed by atoms with Gasteiger partial charge in [0.1, 0.15) is 0 Å². The van der Waals surface area contributed by atoms with Crippen molar-refractivity contribution in [1.82, 2.24) is 4.98 Å². The zero-order chi connectivity index (χ0) is 21.1. The van der Waals surface area contributed by atoms with Gasteiger partial charge in [0.15, 0.2) is 26.5 Å². The van der Waals surface area contributed by atoms with Crippen LogP contribution >= 0.6 is 22.9 Å². The Morgan fingerprint density at radius 2 is 1.90 bits per heavy atom. The molecule has 0 unspecified atom stereocenters. The van der Waals surface area contributed by atoms with Crippen LogP contribution in [0.2, 0.25) is 5.02 Å². The number of carbonyl (C=O) groups excluding carboxylic acids is 1. The normalized spacial score (nSPS) is 12.7. The van der Waals surface area contributed by atoms with Gasteiger partial charge in [-0.25, -0.2) is 13.4 Å². The van der Waals surface area contributed by atoms with E-state index in [2.05, 4.69) is 10.3 Å². The summed E-state index contributed by atoms with van der Waals surface area (Å²) < 4.78 is 35.3. The Labute approximate surface area is 182 Å². The number of amides is 1. The molecule has 0 fully saturated rings. The first-order chi connectivity index (χ1) is 14.4. The lowest BCUT2D eigenvalue weighted by molar-refractivity contribution is -0.116. The van der Waals surface area contributed by atoms with Crippen molar-refractivity contribution in [2.45, 2.75) is 17.7 Å². The van der Waals surface area contributed by atoms with Gasteiger partial charge in [0.25, 0.3) is 0 Å². The molecule has 0 saturated heterocycles. The fraction of sp³-hybridized carbons (Fsp3) is 0.200. The zero-order valence-electron chi connectivity index (χ0n) is 15.6. The van der Waals surface area contributed by atoms with Gasteiger partial charge in [0, 0.05) is 22.4 Å². The molecule has 4 rings (SSSR count). The molecule has 2 heterocycles. The second kappa shape index (κ2) is 8.63. The monoisotopic (exact) mass is 464 g/mol. The maximum Gasteiger partial charge on any atom is 0.231 e. The molecule has 1 aromatic heterocycles. The number of carbonyl (C=O) groups is 1. The minimum atomic E-state index is -3.46. The van der Waals surface area contributed by atoms with Gasteiger partial charge >= 0.3 is 0 Å². The Morgan fingerprint density at radius 3 is 2.70 bits per heavy atom. The minimum absolute atomic E-state index is 0.0752. The van der Waals surface area contributed by atoms with Crippen molar-refractivity contribution in [3.63, 3.8) is 0 Å². The molecule has 2 aromatic carbocycles. The molecule has 1 amide bonds. The standard InChI is InChI=1S/C20H17ClN2O5S2/c21-14-4-6-15(7-5-14)30(25,26)9-1-2-19(24)23-20-22-16(11-29-20)13-3-8-17-18(10-13)28-12-27-17/h3-8,10-11H,1-2,9,12H2,(H,22,23,24). The summed E-state index contributed by atoms with van der Waals surface area (Å²) in [4.78, 5) is 16.8. The fourth-order valence-electron chi connectivity index (χ4n) is 2.88. The maximum absolute atomic E-state index is 12.3. The van der Waals surface area contributed by atoms with Crippen molar-refractivity contribution in [3.05, 3.63) is 52.9 Å².